The minimum Gasteiger partial charge on any atom is -0.378 e. The van der Waals surface area contributed by atoms with Crippen molar-refractivity contribution >= 4 is 17.4 Å². The highest BCUT2D eigenvalue weighted by molar-refractivity contribution is 5.55. The van der Waals surface area contributed by atoms with E-state index in [1.807, 2.05) is 6.07 Å². The number of rotatable bonds is 2. The van der Waals surface area contributed by atoms with E-state index in [4.69, 9.17) is 10.6 Å². The Bertz CT molecular complexity index is 519. The second-order valence-corrected chi connectivity index (χ2v) is 3.72. The SMILES string of the molecule is NNc1cc(N2CCOCC2)n2ncnc2n1. The third-order valence-corrected chi connectivity index (χ3v) is 2.72. The Labute approximate surface area is 97.4 Å². The molecule has 0 aromatic carbocycles. The summed E-state index contributed by atoms with van der Waals surface area (Å²) in [6.07, 6.45) is 1.48. The maximum atomic E-state index is 5.39. The Morgan fingerprint density at radius 3 is 2.94 bits per heavy atom. The molecule has 0 aliphatic carbocycles. The third kappa shape index (κ3) is 1.77. The molecule has 0 unspecified atom stereocenters. The third-order valence-electron chi connectivity index (χ3n) is 2.72. The Morgan fingerprint density at radius 1 is 1.35 bits per heavy atom. The van der Waals surface area contributed by atoms with Crippen molar-refractivity contribution in [3.8, 4) is 0 Å². The van der Waals surface area contributed by atoms with Crippen LogP contribution in [0.4, 0.5) is 11.6 Å². The van der Waals surface area contributed by atoms with E-state index in [1.54, 1.807) is 4.52 Å². The monoisotopic (exact) mass is 235 g/mol. The van der Waals surface area contributed by atoms with Crippen molar-refractivity contribution in [1.82, 2.24) is 19.6 Å². The van der Waals surface area contributed by atoms with Crippen LogP contribution in [0, 0.1) is 0 Å². The zero-order chi connectivity index (χ0) is 11.7. The van der Waals surface area contributed by atoms with E-state index in [0.717, 1.165) is 18.9 Å². The van der Waals surface area contributed by atoms with E-state index in [9.17, 15) is 0 Å². The quantitative estimate of drug-likeness (QED) is 0.522. The summed E-state index contributed by atoms with van der Waals surface area (Å²) in [5, 5.41) is 4.16. The number of morpholine rings is 1. The Morgan fingerprint density at radius 2 is 2.18 bits per heavy atom. The van der Waals surface area contributed by atoms with Crippen LogP contribution < -0.4 is 16.2 Å². The highest BCUT2D eigenvalue weighted by atomic mass is 16.5. The fourth-order valence-corrected chi connectivity index (χ4v) is 1.89. The molecule has 0 radical (unpaired) electrons. The molecule has 2 aromatic rings. The number of anilines is 2. The van der Waals surface area contributed by atoms with Gasteiger partial charge in [-0.3, -0.25) is 0 Å². The molecule has 1 aliphatic heterocycles. The summed E-state index contributed by atoms with van der Waals surface area (Å²) < 4.78 is 7.03. The number of hydrazine groups is 1. The molecule has 17 heavy (non-hydrogen) atoms. The predicted molar refractivity (Wildman–Crippen MR) is 61.6 cm³/mol. The van der Waals surface area contributed by atoms with E-state index in [-0.39, 0.29) is 0 Å². The first kappa shape index (κ1) is 10.2. The summed E-state index contributed by atoms with van der Waals surface area (Å²) in [6, 6.07) is 1.85. The second kappa shape index (κ2) is 4.15. The van der Waals surface area contributed by atoms with Gasteiger partial charge in [0.25, 0.3) is 5.78 Å². The summed E-state index contributed by atoms with van der Waals surface area (Å²) >= 11 is 0. The van der Waals surface area contributed by atoms with Crippen LogP contribution in [-0.4, -0.2) is 45.9 Å². The van der Waals surface area contributed by atoms with Crippen LogP contribution in [0.3, 0.4) is 0 Å². The molecule has 1 saturated heterocycles. The lowest BCUT2D eigenvalue weighted by Gasteiger charge is -2.28. The lowest BCUT2D eigenvalue weighted by molar-refractivity contribution is 0.122. The Balaban J connectivity index is 2.08. The molecule has 0 atom stereocenters. The highest BCUT2D eigenvalue weighted by Gasteiger charge is 2.16. The van der Waals surface area contributed by atoms with E-state index >= 15 is 0 Å². The first-order chi connectivity index (χ1) is 8.38. The number of fused-ring (bicyclic) bond motifs is 1. The van der Waals surface area contributed by atoms with Crippen molar-refractivity contribution in [2.45, 2.75) is 0 Å². The largest absolute Gasteiger partial charge is 0.378 e. The van der Waals surface area contributed by atoms with E-state index in [2.05, 4.69) is 25.4 Å². The molecule has 3 heterocycles. The van der Waals surface area contributed by atoms with Gasteiger partial charge in [-0.25, -0.2) is 5.84 Å². The van der Waals surface area contributed by atoms with Gasteiger partial charge in [-0.1, -0.05) is 0 Å². The average Bonchev–Trinajstić information content (AvgIpc) is 2.86. The number of hydrogen-bond donors (Lipinski definition) is 2. The van der Waals surface area contributed by atoms with Crippen molar-refractivity contribution in [2.24, 2.45) is 5.84 Å². The van der Waals surface area contributed by atoms with E-state index < -0.39 is 0 Å². The Hall–Kier alpha value is -1.93. The van der Waals surface area contributed by atoms with Crippen molar-refractivity contribution in [3.05, 3.63) is 12.4 Å². The fraction of sp³-hybridized carbons (Fsp3) is 0.444. The molecule has 2 aromatic heterocycles. The smallest absolute Gasteiger partial charge is 0.256 e. The number of nitrogen functional groups attached to an aromatic ring is 1. The van der Waals surface area contributed by atoms with Gasteiger partial charge in [-0.2, -0.15) is 19.6 Å². The molecule has 0 spiro atoms. The molecular weight excluding hydrogens is 222 g/mol. The van der Waals surface area contributed by atoms with Gasteiger partial charge in [-0.05, 0) is 0 Å². The lowest BCUT2D eigenvalue weighted by Crippen LogP contribution is -2.37. The average molecular weight is 235 g/mol. The van der Waals surface area contributed by atoms with Gasteiger partial charge in [0.1, 0.15) is 18.0 Å². The maximum Gasteiger partial charge on any atom is 0.256 e. The molecule has 90 valence electrons. The topological polar surface area (TPSA) is 93.6 Å². The minimum atomic E-state index is 0.530. The number of hydrogen-bond acceptors (Lipinski definition) is 7. The number of aromatic nitrogens is 4. The molecule has 1 fully saturated rings. The molecular formula is C9H13N7O. The first-order valence-corrected chi connectivity index (χ1v) is 5.38. The molecule has 8 heteroatoms. The summed E-state index contributed by atoms with van der Waals surface area (Å²) in [4.78, 5) is 10.4. The number of nitrogens with one attached hydrogen (secondary N) is 1. The van der Waals surface area contributed by atoms with E-state index in [1.165, 1.54) is 6.33 Å². The predicted octanol–water partition coefficient (Wildman–Crippen LogP) is -0.753. The molecule has 0 amide bonds. The van der Waals surface area contributed by atoms with Crippen LogP contribution in [0.1, 0.15) is 0 Å². The van der Waals surface area contributed by atoms with Crippen LogP contribution in [-0.2, 0) is 4.74 Å². The zero-order valence-electron chi connectivity index (χ0n) is 9.20. The van der Waals surface area contributed by atoms with E-state index in [0.29, 0.717) is 24.8 Å². The first-order valence-electron chi connectivity index (χ1n) is 5.38. The number of ether oxygens (including phenoxy) is 1. The van der Waals surface area contributed by atoms with Crippen LogP contribution in [0.5, 0.6) is 0 Å². The summed E-state index contributed by atoms with van der Waals surface area (Å²) in [6.45, 7) is 3.07. The zero-order valence-corrected chi connectivity index (χ0v) is 9.20. The van der Waals surface area contributed by atoms with Gasteiger partial charge in [0.2, 0.25) is 0 Å². The second-order valence-electron chi connectivity index (χ2n) is 3.72. The fourth-order valence-electron chi connectivity index (χ4n) is 1.89. The van der Waals surface area contributed by atoms with Gasteiger partial charge in [0.15, 0.2) is 0 Å². The van der Waals surface area contributed by atoms with Crippen molar-refractivity contribution in [2.75, 3.05) is 36.6 Å². The summed E-state index contributed by atoms with van der Waals surface area (Å²) in [5.74, 6) is 7.42. The van der Waals surface area contributed by atoms with Gasteiger partial charge < -0.3 is 15.1 Å². The van der Waals surface area contributed by atoms with Gasteiger partial charge in [0, 0.05) is 19.2 Å². The maximum absolute atomic E-state index is 5.39. The van der Waals surface area contributed by atoms with Crippen LogP contribution in [0.15, 0.2) is 12.4 Å². The normalized spacial score (nSPS) is 16.4. The molecule has 0 saturated carbocycles. The number of nitrogens with zero attached hydrogens (tertiary/aromatic N) is 5. The molecule has 1 aliphatic rings. The van der Waals surface area contributed by atoms with Crippen molar-refractivity contribution in [3.63, 3.8) is 0 Å². The van der Waals surface area contributed by atoms with Crippen molar-refractivity contribution in [1.29, 1.82) is 0 Å². The van der Waals surface area contributed by atoms with Gasteiger partial charge >= 0.3 is 0 Å². The lowest BCUT2D eigenvalue weighted by atomic mass is 10.4. The molecule has 3 rings (SSSR count). The van der Waals surface area contributed by atoms with Crippen LogP contribution in [0.2, 0.25) is 0 Å². The number of nitrogens with two attached hydrogens (primary N) is 1. The minimum absolute atomic E-state index is 0.530. The van der Waals surface area contributed by atoms with Crippen LogP contribution in [0.25, 0.3) is 5.78 Å². The van der Waals surface area contributed by atoms with Crippen LogP contribution >= 0.6 is 0 Å². The molecule has 0 bridgehead atoms. The summed E-state index contributed by atoms with van der Waals surface area (Å²) in [7, 11) is 0. The molecule has 8 nitrogen and oxygen atoms in total. The van der Waals surface area contributed by atoms with Gasteiger partial charge in [-0.15, -0.1) is 0 Å². The standard InChI is InChI=1S/C9H13N7O/c10-14-7-5-8(15-1-3-17-4-2-15)16-9(13-7)11-6-12-16/h5-6H,1-4,10H2,(H,11,12,13,14). The molecule has 3 N–H and O–H groups in total. The van der Waals surface area contributed by atoms with Gasteiger partial charge in [0.05, 0.1) is 13.2 Å². The Kier molecular flexibility index (Phi) is 2.50. The highest BCUT2D eigenvalue weighted by Crippen LogP contribution is 2.19. The summed E-state index contributed by atoms with van der Waals surface area (Å²) in [5.41, 5.74) is 2.54. The van der Waals surface area contributed by atoms with Crippen molar-refractivity contribution < 1.29 is 4.74 Å².